The van der Waals surface area contributed by atoms with Crippen LogP contribution in [0.4, 0.5) is 0 Å². The van der Waals surface area contributed by atoms with E-state index in [1.165, 1.54) is 21.3 Å². The molecule has 0 bridgehead atoms. The SMILES string of the molecule is COB(OC)OC.O. The zero-order chi connectivity index (χ0) is 5.70. The van der Waals surface area contributed by atoms with Crippen molar-refractivity contribution in [2.45, 2.75) is 0 Å². The smallest absolute Gasteiger partial charge is 0.412 e. The van der Waals surface area contributed by atoms with Gasteiger partial charge in [-0.1, -0.05) is 0 Å². The molecule has 2 N–H and O–H groups in total. The highest BCUT2D eigenvalue weighted by Gasteiger charge is 2.12. The van der Waals surface area contributed by atoms with Crippen molar-refractivity contribution in [2.24, 2.45) is 0 Å². The van der Waals surface area contributed by atoms with Crippen LogP contribution < -0.4 is 0 Å². The van der Waals surface area contributed by atoms with Crippen LogP contribution in [-0.4, -0.2) is 34.1 Å². The van der Waals surface area contributed by atoms with Gasteiger partial charge in [-0.25, -0.2) is 0 Å². The van der Waals surface area contributed by atoms with Crippen LogP contribution in [-0.2, 0) is 14.0 Å². The van der Waals surface area contributed by atoms with Crippen molar-refractivity contribution < 1.29 is 19.4 Å². The van der Waals surface area contributed by atoms with Crippen molar-refractivity contribution >= 4 is 7.32 Å². The van der Waals surface area contributed by atoms with Crippen LogP contribution in [0.3, 0.4) is 0 Å². The maximum absolute atomic E-state index is 4.60. The van der Waals surface area contributed by atoms with Gasteiger partial charge in [-0.3, -0.25) is 0 Å². The summed E-state index contributed by atoms with van der Waals surface area (Å²) in [4.78, 5) is 0. The van der Waals surface area contributed by atoms with Gasteiger partial charge in [0.2, 0.25) is 0 Å². The van der Waals surface area contributed by atoms with E-state index in [9.17, 15) is 0 Å². The van der Waals surface area contributed by atoms with E-state index in [4.69, 9.17) is 0 Å². The molecule has 0 amide bonds. The van der Waals surface area contributed by atoms with Crippen LogP contribution in [0.5, 0.6) is 0 Å². The monoisotopic (exact) mass is 122 g/mol. The quantitative estimate of drug-likeness (QED) is 0.455. The summed E-state index contributed by atoms with van der Waals surface area (Å²) >= 11 is 0. The highest BCUT2D eigenvalue weighted by molar-refractivity contribution is 6.36. The first-order chi connectivity index (χ1) is 3.35. The molecular formula is C3H11BO4. The Morgan fingerprint density at radius 1 is 0.875 bits per heavy atom. The Balaban J connectivity index is 0. The van der Waals surface area contributed by atoms with Crippen LogP contribution in [0, 0.1) is 0 Å². The average Bonchev–Trinajstić information content (AvgIpc) is 1.72. The summed E-state index contributed by atoms with van der Waals surface area (Å²) in [6.45, 7) is 0. The molecule has 5 heteroatoms. The lowest BCUT2D eigenvalue weighted by Crippen LogP contribution is -2.21. The number of rotatable bonds is 3. The molecule has 0 aromatic heterocycles. The van der Waals surface area contributed by atoms with Crippen molar-refractivity contribution in [3.8, 4) is 0 Å². The van der Waals surface area contributed by atoms with E-state index in [1.807, 2.05) is 0 Å². The predicted octanol–water partition coefficient (Wildman–Crippen LogP) is -0.914. The Kier molecular flexibility index (Phi) is 9.33. The molecule has 0 heterocycles. The van der Waals surface area contributed by atoms with Gasteiger partial charge in [-0.15, -0.1) is 0 Å². The predicted molar refractivity (Wildman–Crippen MR) is 30.4 cm³/mol. The van der Waals surface area contributed by atoms with Gasteiger partial charge in [0.15, 0.2) is 0 Å². The molecule has 0 fully saturated rings. The molecule has 0 aliphatic rings. The fraction of sp³-hybridized carbons (Fsp3) is 1.00. The van der Waals surface area contributed by atoms with Crippen molar-refractivity contribution in [3.63, 3.8) is 0 Å². The van der Waals surface area contributed by atoms with E-state index in [1.54, 1.807) is 0 Å². The summed E-state index contributed by atoms with van der Waals surface area (Å²) in [7, 11) is 4.02. The molecule has 4 nitrogen and oxygen atoms in total. The fourth-order valence-electron chi connectivity index (χ4n) is 0.289. The summed E-state index contributed by atoms with van der Waals surface area (Å²) in [5.74, 6) is 0. The maximum atomic E-state index is 4.60. The molecular weight excluding hydrogens is 111 g/mol. The Morgan fingerprint density at radius 2 is 1.12 bits per heavy atom. The summed E-state index contributed by atoms with van der Waals surface area (Å²) < 4.78 is 13.8. The third-order valence-electron chi connectivity index (χ3n) is 0.577. The van der Waals surface area contributed by atoms with Crippen LogP contribution >= 0.6 is 0 Å². The van der Waals surface area contributed by atoms with Gasteiger partial charge < -0.3 is 19.4 Å². The van der Waals surface area contributed by atoms with Gasteiger partial charge in [-0.05, 0) is 0 Å². The van der Waals surface area contributed by atoms with Crippen LogP contribution in [0.15, 0.2) is 0 Å². The second-order valence-corrected chi connectivity index (χ2v) is 0.996. The molecule has 0 aliphatic carbocycles. The molecule has 0 aromatic carbocycles. The lowest BCUT2D eigenvalue weighted by molar-refractivity contribution is 0.163. The van der Waals surface area contributed by atoms with E-state index in [2.05, 4.69) is 14.0 Å². The summed E-state index contributed by atoms with van der Waals surface area (Å²) in [5, 5.41) is 0. The molecule has 0 aromatic rings. The molecule has 0 spiro atoms. The second kappa shape index (κ2) is 6.90. The minimum atomic E-state index is -0.514. The minimum absolute atomic E-state index is 0. The van der Waals surface area contributed by atoms with Crippen LogP contribution in [0.25, 0.3) is 0 Å². The molecule has 0 rings (SSSR count). The first-order valence-electron chi connectivity index (χ1n) is 1.93. The third kappa shape index (κ3) is 4.07. The van der Waals surface area contributed by atoms with Gasteiger partial charge >= 0.3 is 7.32 Å². The van der Waals surface area contributed by atoms with Crippen LogP contribution in [0.2, 0.25) is 0 Å². The second-order valence-electron chi connectivity index (χ2n) is 0.996. The zero-order valence-corrected chi connectivity index (χ0v) is 5.30. The topological polar surface area (TPSA) is 59.2 Å². The largest absolute Gasteiger partial charge is 0.638 e. The van der Waals surface area contributed by atoms with Gasteiger partial charge in [0.25, 0.3) is 0 Å². The lowest BCUT2D eigenvalue weighted by atomic mass is 10.2. The molecule has 0 unspecified atom stereocenters. The fourth-order valence-corrected chi connectivity index (χ4v) is 0.289. The standard InChI is InChI=1S/C3H9BO3.H2O/c1-5-4(6-2)7-3;/h1-3H3;1H2. The van der Waals surface area contributed by atoms with Crippen molar-refractivity contribution in [3.05, 3.63) is 0 Å². The Bertz CT molecular complexity index is 32.8. The molecule has 0 radical (unpaired) electrons. The minimum Gasteiger partial charge on any atom is -0.412 e. The van der Waals surface area contributed by atoms with E-state index < -0.39 is 7.32 Å². The van der Waals surface area contributed by atoms with Gasteiger partial charge in [0.05, 0.1) is 0 Å². The van der Waals surface area contributed by atoms with Gasteiger partial charge in [-0.2, -0.15) is 0 Å². The van der Waals surface area contributed by atoms with E-state index in [0.717, 1.165) is 0 Å². The molecule has 0 saturated heterocycles. The van der Waals surface area contributed by atoms with E-state index >= 15 is 0 Å². The number of hydrogen-bond donors (Lipinski definition) is 0. The molecule has 50 valence electrons. The summed E-state index contributed by atoms with van der Waals surface area (Å²) in [6.07, 6.45) is 0. The van der Waals surface area contributed by atoms with E-state index in [0.29, 0.717) is 0 Å². The van der Waals surface area contributed by atoms with Crippen molar-refractivity contribution in [1.29, 1.82) is 0 Å². The van der Waals surface area contributed by atoms with Gasteiger partial charge in [0.1, 0.15) is 0 Å². The van der Waals surface area contributed by atoms with Crippen molar-refractivity contribution in [2.75, 3.05) is 21.3 Å². The first-order valence-corrected chi connectivity index (χ1v) is 1.93. The van der Waals surface area contributed by atoms with Gasteiger partial charge in [0, 0.05) is 21.3 Å². The molecule has 0 aliphatic heterocycles. The molecule has 0 atom stereocenters. The average molecular weight is 122 g/mol. The first kappa shape index (κ1) is 10.8. The Morgan fingerprint density at radius 3 is 1.12 bits per heavy atom. The highest BCUT2D eigenvalue weighted by Crippen LogP contribution is 1.81. The zero-order valence-electron chi connectivity index (χ0n) is 5.30. The third-order valence-corrected chi connectivity index (χ3v) is 0.577. The highest BCUT2D eigenvalue weighted by atomic mass is 16.7. The van der Waals surface area contributed by atoms with Crippen LogP contribution in [0.1, 0.15) is 0 Å². The molecule has 0 saturated carbocycles. The van der Waals surface area contributed by atoms with E-state index in [-0.39, 0.29) is 5.48 Å². The normalized spacial score (nSPS) is 7.88. The Labute approximate surface area is 49.2 Å². The Hall–Kier alpha value is -0.0951. The lowest BCUT2D eigenvalue weighted by Gasteiger charge is -2.01. The summed E-state index contributed by atoms with van der Waals surface area (Å²) in [5.41, 5.74) is 0. The number of hydrogen-bond acceptors (Lipinski definition) is 3. The maximum Gasteiger partial charge on any atom is 0.638 e. The molecule has 8 heavy (non-hydrogen) atoms. The summed E-state index contributed by atoms with van der Waals surface area (Å²) in [6, 6.07) is 0. The van der Waals surface area contributed by atoms with Crippen molar-refractivity contribution in [1.82, 2.24) is 0 Å².